The molecule has 2 saturated heterocycles. The van der Waals surface area contributed by atoms with E-state index >= 15 is 0 Å². The molecule has 204 valence electrons. The van der Waals surface area contributed by atoms with E-state index in [-0.39, 0.29) is 30.4 Å². The van der Waals surface area contributed by atoms with Gasteiger partial charge in [-0.25, -0.2) is 18.7 Å². The Labute approximate surface area is 237 Å². The quantitative estimate of drug-likeness (QED) is 0.223. The lowest BCUT2D eigenvalue weighted by molar-refractivity contribution is -0.0585. The van der Waals surface area contributed by atoms with E-state index < -0.39 is 5.82 Å². The fraction of sp³-hybridized carbons (Fsp3) is 0.357. The summed E-state index contributed by atoms with van der Waals surface area (Å²) in [4.78, 5) is 11.4. The maximum absolute atomic E-state index is 14.7. The summed E-state index contributed by atoms with van der Waals surface area (Å²) in [6, 6.07) is 13.1. The number of aromatic nitrogens is 3. The predicted octanol–water partition coefficient (Wildman–Crippen LogP) is 6.54. The molecule has 11 heteroatoms. The minimum Gasteiger partial charge on any atom is -0.484 e. The number of halogens is 4. The van der Waals surface area contributed by atoms with Crippen molar-refractivity contribution in [3.8, 4) is 11.6 Å². The molecular weight excluding hydrogens is 594 g/mol. The van der Waals surface area contributed by atoms with Crippen molar-refractivity contribution in [2.24, 2.45) is 0 Å². The maximum Gasteiger partial charge on any atom is 0.213 e. The zero-order valence-corrected chi connectivity index (χ0v) is 23.3. The van der Waals surface area contributed by atoms with E-state index in [1.807, 2.05) is 12.1 Å². The minimum atomic E-state index is -0.522. The number of rotatable bonds is 8. The lowest BCUT2D eigenvalue weighted by atomic mass is 10.1. The van der Waals surface area contributed by atoms with Gasteiger partial charge in [0.1, 0.15) is 18.2 Å². The molecule has 6 rings (SSSR count). The van der Waals surface area contributed by atoms with Crippen molar-refractivity contribution >= 4 is 44.5 Å². The molecule has 4 aromatic rings. The minimum absolute atomic E-state index is 0.0303. The summed E-state index contributed by atoms with van der Waals surface area (Å²) in [6.07, 6.45) is 2.58. The highest BCUT2D eigenvalue weighted by Gasteiger charge is 2.28. The lowest BCUT2D eigenvalue weighted by Gasteiger charge is -2.34. The van der Waals surface area contributed by atoms with Crippen LogP contribution in [0.1, 0.15) is 25.0 Å². The van der Waals surface area contributed by atoms with Crippen molar-refractivity contribution in [2.75, 3.05) is 24.6 Å². The third-order valence-electron chi connectivity index (χ3n) is 6.99. The average molecular weight is 620 g/mol. The third kappa shape index (κ3) is 5.83. The first-order valence-corrected chi connectivity index (χ1v) is 14.0. The molecule has 2 fully saturated rings. The van der Waals surface area contributed by atoms with Gasteiger partial charge in [0.25, 0.3) is 0 Å². The molecule has 0 spiro atoms. The van der Waals surface area contributed by atoms with Crippen LogP contribution in [0.2, 0.25) is 5.02 Å². The second kappa shape index (κ2) is 11.3. The van der Waals surface area contributed by atoms with Gasteiger partial charge in [-0.15, -0.1) is 0 Å². The van der Waals surface area contributed by atoms with Gasteiger partial charge in [-0.05, 0) is 42.8 Å². The molecule has 1 atom stereocenters. The highest BCUT2D eigenvalue weighted by atomic mass is 79.9. The normalized spacial score (nSPS) is 17.8. The number of benzene rings is 2. The molecule has 2 aromatic carbocycles. The van der Waals surface area contributed by atoms with E-state index in [1.54, 1.807) is 18.2 Å². The number of anilines is 1. The summed E-state index contributed by atoms with van der Waals surface area (Å²) in [5, 5.41) is 0.310. The first-order valence-electron chi connectivity index (χ1n) is 12.9. The van der Waals surface area contributed by atoms with Crippen molar-refractivity contribution in [3.05, 3.63) is 75.4 Å². The molecule has 7 nitrogen and oxygen atoms in total. The van der Waals surface area contributed by atoms with E-state index in [0.29, 0.717) is 46.2 Å². The SMILES string of the molecule is Fc1cc(Cl)ccc1OCc1cccc(OC2CCN(c3nc4c(F)cc(Br)cc4n3C[C@@H]3CCO3)CC2)n1. The van der Waals surface area contributed by atoms with Crippen molar-refractivity contribution in [1.29, 1.82) is 0 Å². The van der Waals surface area contributed by atoms with Crippen LogP contribution in [0, 0.1) is 11.6 Å². The molecular formula is C28H26BrClF2N4O3. The molecule has 0 aliphatic carbocycles. The maximum atomic E-state index is 14.7. The fourth-order valence-electron chi connectivity index (χ4n) is 4.88. The Bertz CT molecular complexity index is 1490. The summed E-state index contributed by atoms with van der Waals surface area (Å²) in [5.41, 5.74) is 1.75. The number of imidazole rings is 1. The van der Waals surface area contributed by atoms with Crippen LogP contribution in [-0.4, -0.2) is 46.4 Å². The van der Waals surface area contributed by atoms with Crippen molar-refractivity contribution in [1.82, 2.24) is 14.5 Å². The van der Waals surface area contributed by atoms with Gasteiger partial charge in [-0.1, -0.05) is 33.6 Å². The van der Waals surface area contributed by atoms with E-state index in [9.17, 15) is 8.78 Å². The van der Waals surface area contributed by atoms with Crippen LogP contribution < -0.4 is 14.4 Å². The monoisotopic (exact) mass is 618 g/mol. The standard InChI is InChI=1S/C28H26BrClF2N4O3/c29-17-12-23(32)27-24(13-17)36(15-21-8-11-37-21)28(34-27)35-9-6-20(7-10-35)39-26-3-1-2-19(33-26)16-38-25-5-4-18(30)14-22(25)31/h1-5,12-14,20-21H,6-11,15-16H2/t21-/m0/s1. The molecule has 0 N–H and O–H groups in total. The number of nitrogens with zero attached hydrogens (tertiary/aromatic N) is 4. The van der Waals surface area contributed by atoms with Gasteiger partial charge < -0.3 is 23.7 Å². The molecule has 4 heterocycles. The van der Waals surface area contributed by atoms with Gasteiger partial charge in [0.15, 0.2) is 17.4 Å². The van der Waals surface area contributed by atoms with E-state index in [4.69, 9.17) is 30.8 Å². The van der Waals surface area contributed by atoms with Crippen LogP contribution in [0.4, 0.5) is 14.7 Å². The van der Waals surface area contributed by atoms with Crippen LogP contribution in [0.3, 0.4) is 0 Å². The van der Waals surface area contributed by atoms with Crippen LogP contribution in [0.25, 0.3) is 11.0 Å². The van der Waals surface area contributed by atoms with Crippen LogP contribution in [0.5, 0.6) is 11.6 Å². The Morgan fingerprint density at radius 2 is 1.85 bits per heavy atom. The smallest absolute Gasteiger partial charge is 0.213 e. The van der Waals surface area contributed by atoms with Crippen molar-refractivity contribution in [2.45, 2.75) is 44.6 Å². The van der Waals surface area contributed by atoms with Gasteiger partial charge in [-0.3, -0.25) is 0 Å². The highest BCUT2D eigenvalue weighted by molar-refractivity contribution is 9.10. The van der Waals surface area contributed by atoms with Crippen LogP contribution in [0.15, 0.2) is 53.0 Å². The van der Waals surface area contributed by atoms with Crippen molar-refractivity contribution < 1.29 is 23.0 Å². The third-order valence-corrected chi connectivity index (χ3v) is 7.69. The molecule has 0 radical (unpaired) electrons. The Balaban J connectivity index is 1.11. The van der Waals surface area contributed by atoms with Gasteiger partial charge >= 0.3 is 0 Å². The fourth-order valence-corrected chi connectivity index (χ4v) is 5.46. The molecule has 0 bridgehead atoms. The lowest BCUT2D eigenvalue weighted by Crippen LogP contribution is -2.40. The van der Waals surface area contributed by atoms with Gasteiger partial charge in [0.2, 0.25) is 11.8 Å². The zero-order chi connectivity index (χ0) is 26.9. The zero-order valence-electron chi connectivity index (χ0n) is 21.0. The molecule has 0 amide bonds. The second-order valence-corrected chi connectivity index (χ2v) is 11.0. The van der Waals surface area contributed by atoms with E-state index in [2.05, 4.69) is 30.4 Å². The largest absolute Gasteiger partial charge is 0.484 e. The second-order valence-electron chi connectivity index (χ2n) is 9.69. The molecule has 2 aliphatic heterocycles. The van der Waals surface area contributed by atoms with Gasteiger partial charge in [-0.2, -0.15) is 0 Å². The first-order chi connectivity index (χ1) is 18.9. The topological polar surface area (TPSA) is 61.6 Å². The van der Waals surface area contributed by atoms with E-state index in [0.717, 1.165) is 37.3 Å². The van der Waals surface area contributed by atoms with Gasteiger partial charge in [0, 0.05) is 48.1 Å². The summed E-state index contributed by atoms with van der Waals surface area (Å²) in [5.74, 6) is 0.490. The molecule has 2 aromatic heterocycles. The number of fused-ring (bicyclic) bond motifs is 1. The van der Waals surface area contributed by atoms with Crippen LogP contribution >= 0.6 is 27.5 Å². The van der Waals surface area contributed by atoms with Gasteiger partial charge in [0.05, 0.1) is 23.9 Å². The summed E-state index contributed by atoms with van der Waals surface area (Å²) < 4.78 is 48.9. The Kier molecular flexibility index (Phi) is 7.59. The molecule has 39 heavy (non-hydrogen) atoms. The summed E-state index contributed by atoms with van der Waals surface area (Å²) >= 11 is 9.22. The summed E-state index contributed by atoms with van der Waals surface area (Å²) in [6.45, 7) is 2.91. The summed E-state index contributed by atoms with van der Waals surface area (Å²) in [7, 11) is 0. The molecule has 0 unspecified atom stereocenters. The highest BCUT2D eigenvalue weighted by Crippen LogP contribution is 2.32. The predicted molar refractivity (Wildman–Crippen MR) is 148 cm³/mol. The van der Waals surface area contributed by atoms with E-state index in [1.165, 1.54) is 18.2 Å². The number of piperidine rings is 1. The number of hydrogen-bond donors (Lipinski definition) is 0. The molecule has 0 saturated carbocycles. The van der Waals surface area contributed by atoms with Crippen LogP contribution in [-0.2, 0) is 17.9 Å². The first kappa shape index (κ1) is 26.3. The number of ether oxygens (including phenoxy) is 3. The van der Waals surface area contributed by atoms with Crippen molar-refractivity contribution in [3.63, 3.8) is 0 Å². The number of hydrogen-bond acceptors (Lipinski definition) is 6. The Hall–Kier alpha value is -2.95. The average Bonchev–Trinajstić information content (AvgIpc) is 3.25. The Morgan fingerprint density at radius 1 is 1.03 bits per heavy atom. The molecule has 2 aliphatic rings. The number of pyridine rings is 1. The Morgan fingerprint density at radius 3 is 2.59 bits per heavy atom.